The Morgan fingerprint density at radius 1 is 1.10 bits per heavy atom. The van der Waals surface area contributed by atoms with Gasteiger partial charge in [-0.15, -0.1) is 0 Å². The zero-order chi connectivity index (χ0) is 13.9. The summed E-state index contributed by atoms with van der Waals surface area (Å²) in [6, 6.07) is 16.1. The molecule has 3 rings (SSSR count). The molecule has 0 radical (unpaired) electrons. The molecule has 1 heterocycles. The van der Waals surface area contributed by atoms with Crippen molar-refractivity contribution in [1.82, 2.24) is 4.90 Å². The van der Waals surface area contributed by atoms with Gasteiger partial charge in [-0.2, -0.15) is 0 Å². The smallest absolute Gasteiger partial charge is 0.261 e. The number of rotatable bonds is 2. The van der Waals surface area contributed by atoms with Crippen molar-refractivity contribution in [3.8, 4) is 5.75 Å². The van der Waals surface area contributed by atoms with Gasteiger partial charge >= 0.3 is 0 Å². The molecule has 0 saturated heterocycles. The number of carbonyl (C=O) groups is 1. The molecule has 0 saturated carbocycles. The SMILES string of the molecule is Cc1ccc(CN2Cc3ccccc3OCC2=O)cc1. The van der Waals surface area contributed by atoms with Crippen molar-refractivity contribution in [1.29, 1.82) is 0 Å². The van der Waals surface area contributed by atoms with Crippen LogP contribution in [0.3, 0.4) is 0 Å². The van der Waals surface area contributed by atoms with E-state index in [2.05, 4.69) is 31.2 Å². The van der Waals surface area contributed by atoms with Gasteiger partial charge in [0.1, 0.15) is 5.75 Å². The summed E-state index contributed by atoms with van der Waals surface area (Å²) >= 11 is 0. The fraction of sp³-hybridized carbons (Fsp3) is 0.235. The molecule has 0 fully saturated rings. The lowest BCUT2D eigenvalue weighted by Gasteiger charge is -2.20. The van der Waals surface area contributed by atoms with Crippen LogP contribution >= 0.6 is 0 Å². The van der Waals surface area contributed by atoms with Crippen molar-refractivity contribution in [3.63, 3.8) is 0 Å². The van der Waals surface area contributed by atoms with Gasteiger partial charge in [0.2, 0.25) is 0 Å². The molecule has 0 spiro atoms. The van der Waals surface area contributed by atoms with Crippen LogP contribution in [0.1, 0.15) is 16.7 Å². The van der Waals surface area contributed by atoms with Crippen LogP contribution in [0.15, 0.2) is 48.5 Å². The molecule has 0 unspecified atom stereocenters. The van der Waals surface area contributed by atoms with Crippen molar-refractivity contribution < 1.29 is 9.53 Å². The maximum atomic E-state index is 12.2. The van der Waals surface area contributed by atoms with Crippen LogP contribution in [-0.2, 0) is 17.9 Å². The lowest BCUT2D eigenvalue weighted by Crippen LogP contribution is -2.31. The molecule has 0 aromatic heterocycles. The third-order valence-electron chi connectivity index (χ3n) is 3.53. The second-order valence-electron chi connectivity index (χ2n) is 5.13. The molecule has 2 aromatic carbocycles. The van der Waals surface area contributed by atoms with Gasteiger partial charge in [0.15, 0.2) is 6.61 Å². The first-order chi connectivity index (χ1) is 9.72. The quantitative estimate of drug-likeness (QED) is 0.837. The lowest BCUT2D eigenvalue weighted by atomic mass is 10.1. The van der Waals surface area contributed by atoms with Crippen molar-refractivity contribution in [2.24, 2.45) is 0 Å². The highest BCUT2D eigenvalue weighted by Gasteiger charge is 2.21. The molecule has 0 atom stereocenters. The summed E-state index contributed by atoms with van der Waals surface area (Å²) in [6.45, 7) is 3.40. The van der Waals surface area contributed by atoms with E-state index in [0.717, 1.165) is 16.9 Å². The molecule has 0 aliphatic carbocycles. The molecule has 102 valence electrons. The average molecular weight is 267 g/mol. The molecule has 0 N–H and O–H groups in total. The standard InChI is InChI=1S/C17H17NO2/c1-13-6-8-14(9-7-13)10-18-11-15-4-2-3-5-16(15)20-12-17(18)19/h2-9H,10-12H2,1H3. The predicted molar refractivity (Wildman–Crippen MR) is 77.4 cm³/mol. The monoisotopic (exact) mass is 267 g/mol. The fourth-order valence-corrected chi connectivity index (χ4v) is 2.36. The topological polar surface area (TPSA) is 29.5 Å². The highest BCUT2D eigenvalue weighted by atomic mass is 16.5. The van der Waals surface area contributed by atoms with E-state index in [9.17, 15) is 4.79 Å². The van der Waals surface area contributed by atoms with Gasteiger partial charge in [0.25, 0.3) is 5.91 Å². The largest absolute Gasteiger partial charge is 0.483 e. The molecule has 0 bridgehead atoms. The predicted octanol–water partition coefficient (Wildman–Crippen LogP) is 2.92. The minimum Gasteiger partial charge on any atom is -0.483 e. The molecule has 20 heavy (non-hydrogen) atoms. The zero-order valence-electron chi connectivity index (χ0n) is 11.5. The molecule has 3 heteroatoms. The summed E-state index contributed by atoms with van der Waals surface area (Å²) in [4.78, 5) is 14.0. The second kappa shape index (κ2) is 5.37. The summed E-state index contributed by atoms with van der Waals surface area (Å²) < 4.78 is 5.56. The summed E-state index contributed by atoms with van der Waals surface area (Å²) in [6.07, 6.45) is 0. The lowest BCUT2D eigenvalue weighted by molar-refractivity contribution is -0.133. The van der Waals surface area contributed by atoms with Gasteiger partial charge in [0, 0.05) is 18.7 Å². The summed E-state index contributed by atoms with van der Waals surface area (Å²) in [5.74, 6) is 0.842. The normalized spacial score (nSPS) is 14.4. The molecule has 3 nitrogen and oxygen atoms in total. The molecule has 1 amide bonds. The molecule has 2 aromatic rings. The van der Waals surface area contributed by atoms with E-state index in [-0.39, 0.29) is 12.5 Å². The Kier molecular flexibility index (Phi) is 3.42. The first-order valence-corrected chi connectivity index (χ1v) is 6.76. The molecule has 1 aliphatic rings. The van der Waals surface area contributed by atoms with E-state index in [1.54, 1.807) is 0 Å². The van der Waals surface area contributed by atoms with Crippen molar-refractivity contribution in [2.75, 3.05) is 6.61 Å². The summed E-state index contributed by atoms with van der Waals surface area (Å²) in [5, 5.41) is 0. The number of aryl methyl sites for hydroxylation is 1. The maximum absolute atomic E-state index is 12.2. The van der Waals surface area contributed by atoms with Gasteiger partial charge in [-0.1, -0.05) is 48.0 Å². The Morgan fingerprint density at radius 2 is 1.85 bits per heavy atom. The first-order valence-electron chi connectivity index (χ1n) is 6.76. The molecule has 1 aliphatic heterocycles. The third kappa shape index (κ3) is 2.67. The van der Waals surface area contributed by atoms with Crippen molar-refractivity contribution in [2.45, 2.75) is 20.0 Å². The van der Waals surface area contributed by atoms with E-state index in [1.165, 1.54) is 5.56 Å². The molecular weight excluding hydrogens is 250 g/mol. The highest BCUT2D eigenvalue weighted by Crippen LogP contribution is 2.23. The number of hydrogen-bond donors (Lipinski definition) is 0. The first kappa shape index (κ1) is 12.7. The number of ether oxygens (including phenoxy) is 1. The van der Waals surface area contributed by atoms with Gasteiger partial charge in [-0.3, -0.25) is 4.79 Å². The van der Waals surface area contributed by atoms with Gasteiger partial charge in [0.05, 0.1) is 0 Å². The van der Waals surface area contributed by atoms with E-state index in [1.807, 2.05) is 29.2 Å². The van der Waals surface area contributed by atoms with Gasteiger partial charge in [-0.05, 0) is 18.6 Å². The average Bonchev–Trinajstić information content (AvgIpc) is 2.62. The van der Waals surface area contributed by atoms with Gasteiger partial charge < -0.3 is 9.64 Å². The number of benzene rings is 2. The minimum atomic E-state index is 0.0294. The van der Waals surface area contributed by atoms with Crippen molar-refractivity contribution >= 4 is 5.91 Å². The number of fused-ring (bicyclic) bond motifs is 1. The Hall–Kier alpha value is -2.29. The Morgan fingerprint density at radius 3 is 2.65 bits per heavy atom. The summed E-state index contributed by atoms with van der Waals surface area (Å²) in [7, 11) is 0. The molecular formula is C17H17NO2. The van der Waals surface area contributed by atoms with Crippen LogP contribution in [0.5, 0.6) is 5.75 Å². The summed E-state index contributed by atoms with van der Waals surface area (Å²) in [5.41, 5.74) is 3.43. The van der Waals surface area contributed by atoms with Crippen LogP contribution in [0.4, 0.5) is 0 Å². The van der Waals surface area contributed by atoms with E-state index in [4.69, 9.17) is 4.74 Å². The minimum absolute atomic E-state index is 0.0294. The van der Waals surface area contributed by atoms with Gasteiger partial charge in [-0.25, -0.2) is 0 Å². The van der Waals surface area contributed by atoms with E-state index >= 15 is 0 Å². The zero-order valence-corrected chi connectivity index (χ0v) is 11.5. The third-order valence-corrected chi connectivity index (χ3v) is 3.53. The van der Waals surface area contributed by atoms with Crippen LogP contribution in [0.25, 0.3) is 0 Å². The number of amides is 1. The highest BCUT2D eigenvalue weighted by molar-refractivity contribution is 5.78. The number of para-hydroxylation sites is 1. The Balaban J connectivity index is 1.82. The van der Waals surface area contributed by atoms with Crippen LogP contribution < -0.4 is 4.74 Å². The van der Waals surface area contributed by atoms with Crippen LogP contribution in [0, 0.1) is 6.92 Å². The maximum Gasteiger partial charge on any atom is 0.261 e. The Labute approximate surface area is 118 Å². The van der Waals surface area contributed by atoms with E-state index in [0.29, 0.717) is 13.1 Å². The fourth-order valence-electron chi connectivity index (χ4n) is 2.36. The van der Waals surface area contributed by atoms with Crippen molar-refractivity contribution in [3.05, 3.63) is 65.2 Å². The van der Waals surface area contributed by atoms with Crippen LogP contribution in [0.2, 0.25) is 0 Å². The van der Waals surface area contributed by atoms with E-state index < -0.39 is 0 Å². The van der Waals surface area contributed by atoms with Crippen LogP contribution in [-0.4, -0.2) is 17.4 Å². The number of hydrogen-bond acceptors (Lipinski definition) is 2. The number of nitrogens with zero attached hydrogens (tertiary/aromatic N) is 1. The Bertz CT molecular complexity index is 619. The second-order valence-corrected chi connectivity index (χ2v) is 5.13. The number of carbonyl (C=O) groups excluding carboxylic acids is 1.